The molecule has 1 unspecified atom stereocenters. The number of carbonyl (C=O) groups is 2. The summed E-state index contributed by atoms with van der Waals surface area (Å²) in [5, 5.41) is 0. The number of benzene rings is 2. The molecule has 0 N–H and O–H groups in total. The Balaban J connectivity index is 1.55. The number of rotatable bonds is 4. The highest BCUT2D eigenvalue weighted by Gasteiger charge is 2.22. The van der Waals surface area contributed by atoms with Crippen molar-refractivity contribution >= 4 is 11.9 Å². The van der Waals surface area contributed by atoms with Gasteiger partial charge in [-0.15, -0.1) is 0 Å². The summed E-state index contributed by atoms with van der Waals surface area (Å²) in [4.78, 5) is 26.1. The molecule has 1 atom stereocenters. The van der Waals surface area contributed by atoms with E-state index in [1.54, 1.807) is 17.0 Å². The maximum atomic E-state index is 12.2. The maximum Gasteiger partial charge on any atom is 0.338 e. The van der Waals surface area contributed by atoms with Crippen molar-refractivity contribution in [3.05, 3.63) is 60.2 Å². The number of hydrogen-bond donors (Lipinski definition) is 0. The molecule has 4 nitrogen and oxygen atoms in total. The molecule has 0 spiro atoms. The summed E-state index contributed by atoms with van der Waals surface area (Å²) in [6.07, 6.45) is 2.17. The molecule has 0 radical (unpaired) electrons. The van der Waals surface area contributed by atoms with Gasteiger partial charge in [-0.25, -0.2) is 4.79 Å². The topological polar surface area (TPSA) is 46.6 Å². The lowest BCUT2D eigenvalue weighted by Crippen LogP contribution is -2.41. The predicted octanol–water partition coefficient (Wildman–Crippen LogP) is 3.77. The normalized spacial score (nSPS) is 17.2. The Hall–Kier alpha value is -2.62. The first-order valence-electron chi connectivity index (χ1n) is 8.74. The van der Waals surface area contributed by atoms with Crippen LogP contribution in [0.15, 0.2) is 54.6 Å². The Morgan fingerprint density at radius 2 is 1.72 bits per heavy atom. The fourth-order valence-electron chi connectivity index (χ4n) is 3.15. The van der Waals surface area contributed by atoms with Crippen molar-refractivity contribution in [2.24, 2.45) is 5.92 Å². The van der Waals surface area contributed by atoms with E-state index in [1.165, 1.54) is 0 Å². The average Bonchev–Trinajstić information content (AvgIpc) is 2.66. The minimum Gasteiger partial charge on any atom is -0.452 e. The van der Waals surface area contributed by atoms with Gasteiger partial charge >= 0.3 is 5.97 Å². The molecule has 2 aromatic carbocycles. The molecule has 1 heterocycles. The molecule has 3 rings (SSSR count). The van der Waals surface area contributed by atoms with E-state index in [1.807, 2.05) is 42.5 Å². The molecule has 2 aromatic rings. The zero-order valence-electron chi connectivity index (χ0n) is 14.5. The van der Waals surface area contributed by atoms with Crippen LogP contribution in [0.1, 0.15) is 30.1 Å². The van der Waals surface area contributed by atoms with Crippen LogP contribution in [-0.4, -0.2) is 36.5 Å². The largest absolute Gasteiger partial charge is 0.452 e. The van der Waals surface area contributed by atoms with Gasteiger partial charge in [-0.1, -0.05) is 49.4 Å². The van der Waals surface area contributed by atoms with Crippen molar-refractivity contribution in [1.82, 2.24) is 4.90 Å². The molecular formula is C21H23NO3. The van der Waals surface area contributed by atoms with Crippen molar-refractivity contribution in [3.8, 4) is 11.1 Å². The molecule has 1 amide bonds. The van der Waals surface area contributed by atoms with Gasteiger partial charge < -0.3 is 9.64 Å². The first kappa shape index (κ1) is 17.2. The third kappa shape index (κ3) is 4.47. The molecule has 1 aliphatic heterocycles. The molecule has 25 heavy (non-hydrogen) atoms. The Bertz CT molecular complexity index is 725. The van der Waals surface area contributed by atoms with Crippen LogP contribution < -0.4 is 0 Å². The highest BCUT2D eigenvalue weighted by atomic mass is 16.5. The van der Waals surface area contributed by atoms with E-state index < -0.39 is 5.97 Å². The standard InChI is InChI=1S/C21H23NO3/c1-16-6-5-13-22(14-16)20(23)15-25-21(24)19-11-9-18(10-12-19)17-7-3-2-4-8-17/h2-4,7-12,16H,5-6,13-15H2,1H3. The number of ether oxygens (including phenoxy) is 1. The second-order valence-electron chi connectivity index (χ2n) is 6.61. The van der Waals surface area contributed by atoms with Crippen molar-refractivity contribution in [3.63, 3.8) is 0 Å². The van der Waals surface area contributed by atoms with Gasteiger partial charge in [0.05, 0.1) is 5.56 Å². The number of esters is 1. The van der Waals surface area contributed by atoms with Crippen LogP contribution in [0.3, 0.4) is 0 Å². The number of piperidine rings is 1. The monoisotopic (exact) mass is 337 g/mol. The van der Waals surface area contributed by atoms with E-state index in [9.17, 15) is 9.59 Å². The summed E-state index contributed by atoms with van der Waals surface area (Å²) in [5.74, 6) is -0.0576. The third-order valence-electron chi connectivity index (χ3n) is 4.56. The van der Waals surface area contributed by atoms with E-state index in [0.29, 0.717) is 11.5 Å². The quantitative estimate of drug-likeness (QED) is 0.798. The Morgan fingerprint density at radius 3 is 2.40 bits per heavy atom. The van der Waals surface area contributed by atoms with Crippen molar-refractivity contribution < 1.29 is 14.3 Å². The Kier molecular flexibility index (Phi) is 5.49. The van der Waals surface area contributed by atoms with Crippen LogP contribution in [0.4, 0.5) is 0 Å². The summed E-state index contributed by atoms with van der Waals surface area (Å²) >= 11 is 0. The van der Waals surface area contributed by atoms with Crippen LogP contribution >= 0.6 is 0 Å². The Labute approximate surface area is 148 Å². The lowest BCUT2D eigenvalue weighted by atomic mass is 10.0. The first-order chi connectivity index (χ1) is 12.1. The fourth-order valence-corrected chi connectivity index (χ4v) is 3.15. The molecular weight excluding hydrogens is 314 g/mol. The molecule has 1 fully saturated rings. The zero-order valence-corrected chi connectivity index (χ0v) is 14.5. The molecule has 0 aromatic heterocycles. The smallest absolute Gasteiger partial charge is 0.338 e. The van der Waals surface area contributed by atoms with E-state index in [0.717, 1.165) is 37.1 Å². The molecule has 130 valence electrons. The first-order valence-corrected chi connectivity index (χ1v) is 8.74. The van der Waals surface area contributed by atoms with Gasteiger partial charge in [0.1, 0.15) is 0 Å². The van der Waals surface area contributed by atoms with Gasteiger partial charge in [0.25, 0.3) is 5.91 Å². The number of likely N-dealkylation sites (tertiary alicyclic amines) is 1. The number of nitrogens with zero attached hydrogens (tertiary/aromatic N) is 1. The molecule has 0 saturated carbocycles. The van der Waals surface area contributed by atoms with Crippen molar-refractivity contribution in [2.45, 2.75) is 19.8 Å². The van der Waals surface area contributed by atoms with Gasteiger partial charge in [0.15, 0.2) is 6.61 Å². The number of amides is 1. The van der Waals surface area contributed by atoms with E-state index >= 15 is 0 Å². The maximum absolute atomic E-state index is 12.2. The Morgan fingerprint density at radius 1 is 1.04 bits per heavy atom. The van der Waals surface area contributed by atoms with Gasteiger partial charge in [-0.05, 0) is 42.0 Å². The fraction of sp³-hybridized carbons (Fsp3) is 0.333. The number of carbonyl (C=O) groups excluding carboxylic acids is 2. The molecule has 1 saturated heterocycles. The van der Waals surface area contributed by atoms with E-state index in [2.05, 4.69) is 6.92 Å². The lowest BCUT2D eigenvalue weighted by Gasteiger charge is -2.30. The molecule has 0 aliphatic carbocycles. The highest BCUT2D eigenvalue weighted by molar-refractivity contribution is 5.91. The SMILES string of the molecule is CC1CCCN(C(=O)COC(=O)c2ccc(-c3ccccc3)cc2)C1. The molecule has 0 bridgehead atoms. The van der Waals surface area contributed by atoms with E-state index in [4.69, 9.17) is 4.74 Å². The van der Waals surface area contributed by atoms with Crippen LogP contribution in [0.5, 0.6) is 0 Å². The second kappa shape index (κ2) is 7.97. The molecule has 4 heteroatoms. The minimum atomic E-state index is -0.460. The van der Waals surface area contributed by atoms with Crippen LogP contribution in [-0.2, 0) is 9.53 Å². The van der Waals surface area contributed by atoms with Gasteiger partial charge in [-0.2, -0.15) is 0 Å². The number of hydrogen-bond acceptors (Lipinski definition) is 3. The highest BCUT2D eigenvalue weighted by Crippen LogP contribution is 2.20. The minimum absolute atomic E-state index is 0.110. The lowest BCUT2D eigenvalue weighted by molar-refractivity contribution is -0.136. The summed E-state index contributed by atoms with van der Waals surface area (Å²) in [6.45, 7) is 3.46. The van der Waals surface area contributed by atoms with Crippen LogP contribution in [0, 0.1) is 5.92 Å². The van der Waals surface area contributed by atoms with E-state index in [-0.39, 0.29) is 12.5 Å². The van der Waals surface area contributed by atoms with Crippen LogP contribution in [0.25, 0.3) is 11.1 Å². The summed E-state index contributed by atoms with van der Waals surface area (Å²) in [5.41, 5.74) is 2.59. The summed E-state index contributed by atoms with van der Waals surface area (Å²) in [6, 6.07) is 17.2. The van der Waals surface area contributed by atoms with Gasteiger partial charge in [-0.3, -0.25) is 4.79 Å². The van der Waals surface area contributed by atoms with Crippen molar-refractivity contribution in [2.75, 3.05) is 19.7 Å². The second-order valence-corrected chi connectivity index (χ2v) is 6.61. The van der Waals surface area contributed by atoms with Crippen LogP contribution in [0.2, 0.25) is 0 Å². The third-order valence-corrected chi connectivity index (χ3v) is 4.56. The average molecular weight is 337 g/mol. The van der Waals surface area contributed by atoms with Gasteiger partial charge in [0, 0.05) is 13.1 Å². The zero-order chi connectivity index (χ0) is 17.6. The predicted molar refractivity (Wildman–Crippen MR) is 97.1 cm³/mol. The summed E-state index contributed by atoms with van der Waals surface area (Å²) in [7, 11) is 0. The van der Waals surface area contributed by atoms with Gasteiger partial charge in [0.2, 0.25) is 0 Å². The molecule has 1 aliphatic rings. The van der Waals surface area contributed by atoms with Crippen molar-refractivity contribution in [1.29, 1.82) is 0 Å². The summed E-state index contributed by atoms with van der Waals surface area (Å²) < 4.78 is 5.19.